The Morgan fingerprint density at radius 1 is 1.03 bits per heavy atom. The molecule has 0 spiro atoms. The predicted molar refractivity (Wildman–Crippen MR) is 116 cm³/mol. The van der Waals surface area contributed by atoms with E-state index in [1.165, 1.54) is 6.07 Å². The van der Waals surface area contributed by atoms with Crippen molar-refractivity contribution in [2.75, 3.05) is 5.32 Å². The highest BCUT2D eigenvalue weighted by atomic mass is 16.3. The van der Waals surface area contributed by atoms with Crippen LogP contribution in [0.3, 0.4) is 0 Å². The van der Waals surface area contributed by atoms with Crippen LogP contribution in [0.25, 0.3) is 27.9 Å². The van der Waals surface area contributed by atoms with E-state index >= 15 is 0 Å². The number of pyridine rings is 1. The Morgan fingerprint density at radius 3 is 2.77 bits per heavy atom. The molecule has 6 heteroatoms. The van der Waals surface area contributed by atoms with Gasteiger partial charge in [-0.1, -0.05) is 30.3 Å². The summed E-state index contributed by atoms with van der Waals surface area (Å²) < 4.78 is 7.59. The number of hydrogen-bond donors (Lipinski definition) is 1. The number of aryl methyl sites for hydroxylation is 1. The summed E-state index contributed by atoms with van der Waals surface area (Å²) in [5.41, 5.74) is 4.36. The average molecular weight is 395 g/mol. The zero-order valence-electron chi connectivity index (χ0n) is 16.1. The first-order chi connectivity index (χ1) is 14.6. The molecule has 3 heterocycles. The number of nitrogens with one attached hydrogen (secondary N) is 1. The summed E-state index contributed by atoms with van der Waals surface area (Å²) in [5, 5.41) is 3.24. The SMILES string of the molecule is Cc1cccn2cc(-c3cccc(NC(=O)c4cc(=O)c5ccccc5o4)c3)nc12. The zero-order chi connectivity index (χ0) is 20.7. The largest absolute Gasteiger partial charge is 0.451 e. The number of carbonyl (C=O) groups is 1. The van der Waals surface area contributed by atoms with Crippen LogP contribution in [-0.4, -0.2) is 15.3 Å². The Bertz CT molecular complexity index is 1480. The highest BCUT2D eigenvalue weighted by Gasteiger charge is 2.13. The lowest BCUT2D eigenvalue weighted by molar-refractivity contribution is 0.0997. The summed E-state index contributed by atoms with van der Waals surface area (Å²) in [6.07, 6.45) is 3.90. The molecule has 5 rings (SSSR count). The van der Waals surface area contributed by atoms with Crippen molar-refractivity contribution in [1.82, 2.24) is 9.38 Å². The maximum absolute atomic E-state index is 12.7. The molecule has 0 saturated heterocycles. The molecule has 0 aliphatic rings. The molecule has 0 unspecified atom stereocenters. The summed E-state index contributed by atoms with van der Waals surface area (Å²) in [4.78, 5) is 29.6. The van der Waals surface area contributed by atoms with Gasteiger partial charge in [-0.05, 0) is 42.8 Å². The number of anilines is 1. The molecule has 0 aliphatic carbocycles. The van der Waals surface area contributed by atoms with Crippen molar-refractivity contribution in [3.63, 3.8) is 0 Å². The Hall–Kier alpha value is -4.19. The molecule has 0 saturated carbocycles. The van der Waals surface area contributed by atoms with E-state index in [4.69, 9.17) is 9.40 Å². The van der Waals surface area contributed by atoms with E-state index in [2.05, 4.69) is 5.32 Å². The van der Waals surface area contributed by atoms with Crippen molar-refractivity contribution in [1.29, 1.82) is 0 Å². The topological polar surface area (TPSA) is 76.6 Å². The van der Waals surface area contributed by atoms with Gasteiger partial charge in [0.2, 0.25) is 0 Å². The van der Waals surface area contributed by atoms with Crippen LogP contribution in [0.2, 0.25) is 0 Å². The molecule has 0 fully saturated rings. The van der Waals surface area contributed by atoms with Gasteiger partial charge in [0.15, 0.2) is 11.2 Å². The van der Waals surface area contributed by atoms with Crippen LogP contribution in [-0.2, 0) is 0 Å². The number of fused-ring (bicyclic) bond motifs is 2. The summed E-state index contributed by atoms with van der Waals surface area (Å²) in [5.74, 6) is -0.520. The van der Waals surface area contributed by atoms with Crippen LogP contribution in [0.1, 0.15) is 16.1 Å². The van der Waals surface area contributed by atoms with E-state index in [1.54, 1.807) is 30.3 Å². The summed E-state index contributed by atoms with van der Waals surface area (Å²) >= 11 is 0. The van der Waals surface area contributed by atoms with Crippen molar-refractivity contribution in [2.45, 2.75) is 6.92 Å². The lowest BCUT2D eigenvalue weighted by atomic mass is 10.1. The van der Waals surface area contributed by atoms with Crippen molar-refractivity contribution in [3.05, 3.63) is 101 Å². The molecule has 30 heavy (non-hydrogen) atoms. The minimum atomic E-state index is -0.485. The van der Waals surface area contributed by atoms with Crippen LogP contribution >= 0.6 is 0 Å². The van der Waals surface area contributed by atoms with Gasteiger partial charge in [0.05, 0.1) is 11.1 Å². The van der Waals surface area contributed by atoms with Crippen molar-refractivity contribution in [3.8, 4) is 11.3 Å². The number of nitrogens with zero attached hydrogens (tertiary/aromatic N) is 2. The van der Waals surface area contributed by atoms with Gasteiger partial charge >= 0.3 is 0 Å². The molecule has 5 aromatic rings. The fourth-order valence-electron chi connectivity index (χ4n) is 3.46. The van der Waals surface area contributed by atoms with Gasteiger partial charge in [-0.15, -0.1) is 0 Å². The van der Waals surface area contributed by atoms with E-state index in [-0.39, 0.29) is 11.2 Å². The maximum Gasteiger partial charge on any atom is 0.291 e. The molecule has 146 valence electrons. The fourth-order valence-corrected chi connectivity index (χ4v) is 3.46. The Kier molecular flexibility index (Phi) is 4.17. The second-order valence-corrected chi connectivity index (χ2v) is 7.05. The number of carbonyl (C=O) groups excluding carboxylic acids is 1. The first-order valence-corrected chi connectivity index (χ1v) is 9.47. The quantitative estimate of drug-likeness (QED) is 0.482. The molecule has 0 radical (unpaired) electrons. The van der Waals surface area contributed by atoms with E-state index in [0.29, 0.717) is 16.7 Å². The van der Waals surface area contributed by atoms with Crippen molar-refractivity contribution >= 4 is 28.2 Å². The Balaban J connectivity index is 1.46. The Morgan fingerprint density at radius 2 is 1.90 bits per heavy atom. The Labute approximate surface area is 171 Å². The van der Waals surface area contributed by atoms with Crippen LogP contribution < -0.4 is 10.7 Å². The third-order valence-corrected chi connectivity index (χ3v) is 4.95. The van der Waals surface area contributed by atoms with Crippen molar-refractivity contribution in [2.24, 2.45) is 0 Å². The lowest BCUT2D eigenvalue weighted by Gasteiger charge is -2.07. The molecule has 2 aromatic carbocycles. The van der Waals surface area contributed by atoms with Crippen molar-refractivity contribution < 1.29 is 9.21 Å². The zero-order valence-corrected chi connectivity index (χ0v) is 16.1. The number of rotatable bonds is 3. The third-order valence-electron chi connectivity index (χ3n) is 4.95. The number of amides is 1. The van der Waals surface area contributed by atoms with Gasteiger partial charge in [-0.2, -0.15) is 0 Å². The number of aromatic nitrogens is 2. The molecular weight excluding hydrogens is 378 g/mol. The number of benzene rings is 2. The van der Waals surface area contributed by atoms with Crippen LogP contribution in [0.4, 0.5) is 5.69 Å². The minimum absolute atomic E-state index is 0.0348. The van der Waals surface area contributed by atoms with Gasteiger partial charge < -0.3 is 14.1 Å². The second-order valence-electron chi connectivity index (χ2n) is 7.05. The predicted octanol–water partition coefficient (Wildman–Crippen LogP) is 4.67. The van der Waals surface area contributed by atoms with Crippen LogP contribution in [0.5, 0.6) is 0 Å². The summed E-state index contributed by atoms with van der Waals surface area (Å²) in [6, 6.07) is 19.5. The molecule has 3 aromatic heterocycles. The number of hydrogen-bond acceptors (Lipinski definition) is 4. The third kappa shape index (κ3) is 3.14. The molecular formula is C24H17N3O3. The first kappa shape index (κ1) is 17.9. The normalized spacial score (nSPS) is 11.1. The fraction of sp³-hybridized carbons (Fsp3) is 0.0417. The highest BCUT2D eigenvalue weighted by Crippen LogP contribution is 2.24. The molecule has 1 N–H and O–H groups in total. The molecule has 1 amide bonds. The second kappa shape index (κ2) is 7.00. The van der Waals surface area contributed by atoms with E-state index in [1.807, 2.05) is 54.0 Å². The molecule has 0 bridgehead atoms. The number of imidazole rings is 1. The van der Waals surface area contributed by atoms with Crippen LogP contribution in [0.15, 0.2) is 88.3 Å². The maximum atomic E-state index is 12.7. The first-order valence-electron chi connectivity index (χ1n) is 9.47. The molecule has 0 atom stereocenters. The number of para-hydroxylation sites is 1. The summed E-state index contributed by atoms with van der Waals surface area (Å²) in [7, 11) is 0. The molecule has 0 aliphatic heterocycles. The standard InChI is InChI=1S/C24H17N3O3/c1-15-6-5-11-27-14-19(26-23(15)27)16-7-4-8-17(12-16)25-24(29)22-13-20(28)18-9-2-3-10-21(18)30-22/h2-14H,1H3,(H,25,29). The average Bonchev–Trinajstić information content (AvgIpc) is 3.20. The van der Waals surface area contributed by atoms with Gasteiger partial charge in [-0.3, -0.25) is 9.59 Å². The van der Waals surface area contributed by atoms with Crippen LogP contribution in [0, 0.1) is 6.92 Å². The van der Waals surface area contributed by atoms with Gasteiger partial charge in [-0.25, -0.2) is 4.98 Å². The highest BCUT2D eigenvalue weighted by molar-refractivity contribution is 6.03. The minimum Gasteiger partial charge on any atom is -0.451 e. The van der Waals surface area contributed by atoms with E-state index in [9.17, 15) is 9.59 Å². The van der Waals surface area contributed by atoms with E-state index < -0.39 is 5.91 Å². The monoisotopic (exact) mass is 395 g/mol. The smallest absolute Gasteiger partial charge is 0.291 e. The van der Waals surface area contributed by atoms with E-state index in [0.717, 1.165) is 22.5 Å². The molecule has 6 nitrogen and oxygen atoms in total. The lowest BCUT2D eigenvalue weighted by Crippen LogP contribution is -2.15. The van der Waals surface area contributed by atoms with Gasteiger partial charge in [0.1, 0.15) is 11.2 Å². The van der Waals surface area contributed by atoms with Gasteiger partial charge in [0, 0.05) is 29.7 Å². The summed E-state index contributed by atoms with van der Waals surface area (Å²) in [6.45, 7) is 2.01. The van der Waals surface area contributed by atoms with Gasteiger partial charge in [0.25, 0.3) is 5.91 Å².